The van der Waals surface area contributed by atoms with Crippen molar-refractivity contribution >= 4 is 6.29 Å². The summed E-state index contributed by atoms with van der Waals surface area (Å²) >= 11 is 0. The van der Waals surface area contributed by atoms with Gasteiger partial charge in [0.05, 0.1) is 16.3 Å². The minimum absolute atomic E-state index is 0.0422. The van der Waals surface area contributed by atoms with E-state index in [1.807, 2.05) is 12.2 Å². The van der Waals surface area contributed by atoms with Gasteiger partial charge in [-0.2, -0.15) is 0 Å². The molecular weight excluding hydrogens is 348 g/mol. The second-order valence-corrected chi connectivity index (χ2v) is 6.04. The number of allylic oxidation sites excluding steroid dienone is 7. The maximum Gasteiger partial charge on any atom is 0.246 e. The molecule has 0 aliphatic rings. The molecule has 0 N–H and O–H groups in total. The Morgan fingerprint density at radius 3 is 1.96 bits per heavy atom. The highest BCUT2D eigenvalue weighted by molar-refractivity contribution is 5.48. The fourth-order valence-electron chi connectivity index (χ4n) is 2.35. The average Bonchev–Trinajstić information content (AvgIpc) is 2.63. The molecule has 0 aromatic carbocycles. The Bertz CT molecular complexity index is 577. The molecule has 7 heteroatoms. The molecule has 0 spiro atoms. The first-order valence-corrected chi connectivity index (χ1v) is 9.43. The van der Waals surface area contributed by atoms with E-state index < -0.39 is 9.85 Å². The number of hydrogen-bond donors (Lipinski definition) is 0. The Labute approximate surface area is 160 Å². The summed E-state index contributed by atoms with van der Waals surface area (Å²) in [5, 5.41) is 21.7. The van der Waals surface area contributed by atoms with Gasteiger partial charge in [-0.1, -0.05) is 44.1 Å². The lowest BCUT2D eigenvalue weighted by Gasteiger charge is -1.95. The van der Waals surface area contributed by atoms with E-state index in [1.54, 1.807) is 13.0 Å². The number of carbonyl (C=O) groups excluding carboxylic acids is 1. The SMILES string of the molecule is CC/C(=C\C/C=C(\C/C=C\C/C=C\CCCCCCC=O)[N+](=O)[O-])[N+](=O)[O-]. The first kappa shape index (κ1) is 24.4. The molecule has 0 aliphatic carbocycles. The van der Waals surface area contributed by atoms with Gasteiger partial charge in [-0.25, -0.2) is 0 Å². The van der Waals surface area contributed by atoms with Gasteiger partial charge in [-0.05, 0) is 44.3 Å². The van der Waals surface area contributed by atoms with E-state index in [4.69, 9.17) is 0 Å². The van der Waals surface area contributed by atoms with Crippen LogP contribution in [-0.2, 0) is 4.79 Å². The Morgan fingerprint density at radius 2 is 1.37 bits per heavy atom. The number of unbranched alkanes of at least 4 members (excludes halogenated alkanes) is 5. The summed E-state index contributed by atoms with van der Waals surface area (Å²) in [5.74, 6) is 0. The molecule has 0 bridgehead atoms. The molecule has 27 heavy (non-hydrogen) atoms. The van der Waals surface area contributed by atoms with E-state index >= 15 is 0 Å². The van der Waals surface area contributed by atoms with Gasteiger partial charge in [0, 0.05) is 12.8 Å². The predicted molar refractivity (Wildman–Crippen MR) is 106 cm³/mol. The summed E-state index contributed by atoms with van der Waals surface area (Å²) in [6, 6.07) is 0. The lowest BCUT2D eigenvalue weighted by molar-refractivity contribution is -0.428. The van der Waals surface area contributed by atoms with Crippen LogP contribution in [0.25, 0.3) is 0 Å². The fourth-order valence-corrected chi connectivity index (χ4v) is 2.35. The van der Waals surface area contributed by atoms with Crippen LogP contribution in [0.3, 0.4) is 0 Å². The van der Waals surface area contributed by atoms with Crippen LogP contribution in [0.4, 0.5) is 0 Å². The van der Waals surface area contributed by atoms with Crippen molar-refractivity contribution in [1.29, 1.82) is 0 Å². The van der Waals surface area contributed by atoms with Gasteiger partial charge < -0.3 is 4.79 Å². The molecule has 0 saturated heterocycles. The van der Waals surface area contributed by atoms with Gasteiger partial charge >= 0.3 is 0 Å². The first-order chi connectivity index (χ1) is 13.0. The molecule has 0 saturated carbocycles. The van der Waals surface area contributed by atoms with Gasteiger partial charge in [-0.15, -0.1) is 0 Å². The van der Waals surface area contributed by atoms with E-state index in [0.717, 1.165) is 44.8 Å². The average molecular weight is 378 g/mol. The van der Waals surface area contributed by atoms with Gasteiger partial charge in [0.2, 0.25) is 11.4 Å². The Morgan fingerprint density at radius 1 is 0.778 bits per heavy atom. The summed E-state index contributed by atoms with van der Waals surface area (Å²) in [5.41, 5.74) is 0.110. The zero-order valence-electron chi connectivity index (χ0n) is 16.0. The van der Waals surface area contributed by atoms with Crippen LogP contribution in [0.1, 0.15) is 71.1 Å². The molecule has 150 valence electrons. The highest BCUT2D eigenvalue weighted by Crippen LogP contribution is 2.09. The zero-order chi connectivity index (χ0) is 20.3. The number of aldehydes is 1. The van der Waals surface area contributed by atoms with Crippen LogP contribution < -0.4 is 0 Å². The Balaban J connectivity index is 4.15. The Kier molecular flexibility index (Phi) is 15.3. The van der Waals surface area contributed by atoms with Crippen molar-refractivity contribution in [1.82, 2.24) is 0 Å². The van der Waals surface area contributed by atoms with Crippen LogP contribution in [0.5, 0.6) is 0 Å². The minimum Gasteiger partial charge on any atom is -0.303 e. The summed E-state index contributed by atoms with van der Waals surface area (Å²) in [6.45, 7) is 1.68. The highest BCUT2D eigenvalue weighted by atomic mass is 16.6. The van der Waals surface area contributed by atoms with Gasteiger partial charge in [0.1, 0.15) is 6.29 Å². The van der Waals surface area contributed by atoms with E-state index in [1.165, 1.54) is 12.2 Å². The van der Waals surface area contributed by atoms with Crippen molar-refractivity contribution in [2.24, 2.45) is 0 Å². The molecule has 0 radical (unpaired) electrons. The topological polar surface area (TPSA) is 103 Å². The predicted octanol–water partition coefficient (Wildman–Crippen LogP) is 5.54. The molecule has 0 atom stereocenters. The lowest BCUT2D eigenvalue weighted by Crippen LogP contribution is -1.99. The van der Waals surface area contributed by atoms with Crippen molar-refractivity contribution in [2.45, 2.75) is 71.1 Å². The van der Waals surface area contributed by atoms with Gasteiger partial charge in [0.25, 0.3) is 0 Å². The standard InChI is InChI=1S/C20H30N2O5/c1-2-19(21(24)25)16-14-17-20(22(26)27)15-12-10-8-6-4-3-5-7-9-11-13-18-23/h4,6,10,12,16-18H,2-3,5,7-9,11,13-15H2,1H3/b6-4-,12-10-,19-16+,20-17+. The van der Waals surface area contributed by atoms with E-state index in [2.05, 4.69) is 6.08 Å². The molecule has 0 fully saturated rings. The third kappa shape index (κ3) is 14.3. The van der Waals surface area contributed by atoms with Gasteiger partial charge in [-0.3, -0.25) is 20.2 Å². The first-order valence-electron chi connectivity index (χ1n) is 9.43. The second kappa shape index (κ2) is 16.9. The molecule has 0 aromatic rings. The third-order valence-electron chi connectivity index (χ3n) is 3.91. The molecule has 0 aromatic heterocycles. The van der Waals surface area contributed by atoms with Crippen LogP contribution in [0, 0.1) is 20.2 Å². The number of nitro groups is 2. The monoisotopic (exact) mass is 378 g/mol. The van der Waals surface area contributed by atoms with E-state index in [0.29, 0.717) is 12.8 Å². The molecule has 0 amide bonds. The maximum atomic E-state index is 11.0. The number of nitrogens with zero attached hydrogens (tertiary/aromatic N) is 2. The largest absolute Gasteiger partial charge is 0.303 e. The summed E-state index contributed by atoms with van der Waals surface area (Å²) in [4.78, 5) is 31.0. The molecule has 0 rings (SSSR count). The third-order valence-corrected chi connectivity index (χ3v) is 3.91. The summed E-state index contributed by atoms with van der Waals surface area (Å²) in [7, 11) is 0. The molecular formula is C20H30N2O5. The maximum absolute atomic E-state index is 11.0. The minimum atomic E-state index is -0.461. The number of rotatable bonds is 16. The molecule has 0 aliphatic heterocycles. The summed E-state index contributed by atoms with van der Waals surface area (Å²) in [6.07, 6.45) is 18.8. The lowest BCUT2D eigenvalue weighted by atomic mass is 10.1. The van der Waals surface area contributed by atoms with Crippen molar-refractivity contribution in [3.8, 4) is 0 Å². The van der Waals surface area contributed by atoms with Crippen molar-refractivity contribution in [3.63, 3.8) is 0 Å². The highest BCUT2D eigenvalue weighted by Gasteiger charge is 2.09. The smallest absolute Gasteiger partial charge is 0.246 e. The van der Waals surface area contributed by atoms with Crippen LogP contribution in [-0.4, -0.2) is 16.1 Å². The normalized spacial score (nSPS) is 12.8. The molecule has 0 heterocycles. The number of carbonyl (C=O) groups is 1. The van der Waals surface area contributed by atoms with Crippen LogP contribution in [0.15, 0.2) is 47.9 Å². The van der Waals surface area contributed by atoms with Crippen molar-refractivity contribution in [2.75, 3.05) is 0 Å². The van der Waals surface area contributed by atoms with Crippen LogP contribution >= 0.6 is 0 Å². The van der Waals surface area contributed by atoms with E-state index in [9.17, 15) is 25.0 Å². The summed E-state index contributed by atoms with van der Waals surface area (Å²) < 4.78 is 0. The second-order valence-electron chi connectivity index (χ2n) is 6.04. The zero-order valence-corrected chi connectivity index (χ0v) is 16.0. The molecule has 0 unspecified atom stereocenters. The number of hydrogen-bond acceptors (Lipinski definition) is 5. The quantitative estimate of drug-likeness (QED) is 0.115. The molecule has 7 nitrogen and oxygen atoms in total. The van der Waals surface area contributed by atoms with Gasteiger partial charge in [0.15, 0.2) is 0 Å². The van der Waals surface area contributed by atoms with E-state index in [-0.39, 0.29) is 24.2 Å². The van der Waals surface area contributed by atoms with Crippen molar-refractivity contribution in [3.05, 3.63) is 68.1 Å². The van der Waals surface area contributed by atoms with Crippen molar-refractivity contribution < 1.29 is 14.6 Å². The fraction of sp³-hybridized carbons (Fsp3) is 0.550. The Hall–Kier alpha value is -2.57. The van der Waals surface area contributed by atoms with Crippen LogP contribution in [0.2, 0.25) is 0 Å².